The van der Waals surface area contributed by atoms with Crippen molar-refractivity contribution < 1.29 is 4.57 Å². The van der Waals surface area contributed by atoms with E-state index < -0.39 is 0 Å². The van der Waals surface area contributed by atoms with Crippen molar-refractivity contribution in [3.8, 4) is 0 Å². The Balaban J connectivity index is 1.45. The Labute approximate surface area is 317 Å². The van der Waals surface area contributed by atoms with Crippen molar-refractivity contribution in [1.29, 1.82) is 0 Å². The number of aromatic nitrogens is 2. The normalized spacial score (nSPS) is 13.4. The molecule has 0 spiro atoms. The number of unbranched alkanes of at least 4 members (excludes halogenated alkanes) is 24. The van der Waals surface area contributed by atoms with Crippen LogP contribution in [0.4, 0.5) is 0 Å². The number of benzene rings is 2. The number of rotatable bonds is 33. The summed E-state index contributed by atoms with van der Waals surface area (Å²) in [5.41, 5.74) is 2.90. The number of hydrogen-bond donors (Lipinski definition) is 0. The summed E-state index contributed by atoms with van der Waals surface area (Å²) in [6.45, 7) is 8.29. The van der Waals surface area contributed by atoms with Crippen molar-refractivity contribution >= 4 is 0 Å². The summed E-state index contributed by atoms with van der Waals surface area (Å²) in [6, 6.07) is 23.0. The molecule has 3 aromatic rings. The minimum Gasteiger partial charge on any atom is -0.237 e. The third-order valence-corrected chi connectivity index (χ3v) is 11.8. The van der Waals surface area contributed by atoms with E-state index in [-0.39, 0.29) is 5.41 Å². The molecule has 286 valence electrons. The van der Waals surface area contributed by atoms with Crippen molar-refractivity contribution in [2.75, 3.05) is 0 Å². The molecule has 0 saturated carbocycles. The van der Waals surface area contributed by atoms with E-state index in [0.717, 1.165) is 13.0 Å². The van der Waals surface area contributed by atoms with Gasteiger partial charge in [0.2, 0.25) is 6.33 Å². The van der Waals surface area contributed by atoms with Gasteiger partial charge < -0.3 is 0 Å². The minimum atomic E-state index is 0.00744. The van der Waals surface area contributed by atoms with E-state index in [2.05, 4.69) is 109 Å². The lowest BCUT2D eigenvalue weighted by molar-refractivity contribution is -0.697. The van der Waals surface area contributed by atoms with E-state index in [1.165, 1.54) is 184 Å². The van der Waals surface area contributed by atoms with E-state index in [9.17, 15) is 0 Å². The third-order valence-electron chi connectivity index (χ3n) is 11.8. The highest BCUT2D eigenvalue weighted by atomic mass is 15.1. The third kappa shape index (κ3) is 18.3. The fraction of sp³-hybridized carbons (Fsp3) is 0.694. The van der Waals surface area contributed by atoms with Crippen LogP contribution in [-0.4, -0.2) is 4.57 Å². The Hall–Kier alpha value is -2.35. The summed E-state index contributed by atoms with van der Waals surface area (Å²) in [6.07, 6.45) is 46.1. The van der Waals surface area contributed by atoms with E-state index >= 15 is 0 Å². The van der Waals surface area contributed by atoms with Gasteiger partial charge in [-0.2, -0.15) is 0 Å². The number of hydrogen-bond acceptors (Lipinski definition) is 0. The maximum Gasteiger partial charge on any atom is 0.244 e. The zero-order valence-corrected chi connectivity index (χ0v) is 34.0. The molecule has 1 heterocycles. The first kappa shape index (κ1) is 43.1. The Morgan fingerprint density at radius 3 is 1.39 bits per heavy atom. The van der Waals surface area contributed by atoms with Crippen molar-refractivity contribution in [2.45, 2.75) is 219 Å². The Bertz CT molecular complexity index is 1180. The quantitative estimate of drug-likeness (QED) is 0.0442. The molecular weight excluding hydrogens is 617 g/mol. The molecule has 0 saturated heterocycles. The second-order valence-corrected chi connectivity index (χ2v) is 16.3. The summed E-state index contributed by atoms with van der Waals surface area (Å²) in [7, 11) is 0. The maximum absolute atomic E-state index is 2.59. The molecule has 0 radical (unpaired) electrons. The molecule has 2 heteroatoms. The SMILES string of the molecule is CCCCCCCCCCCCCCCCCCC[n+]1ccn(C(CCCCCCCCCCC)C(C)(Cc2ccccc2)c2ccccc2)c1. The molecule has 0 amide bonds. The molecule has 0 aliphatic carbocycles. The lowest BCUT2D eigenvalue weighted by atomic mass is 9.70. The summed E-state index contributed by atoms with van der Waals surface area (Å²) >= 11 is 0. The number of aryl methyl sites for hydroxylation is 1. The van der Waals surface area contributed by atoms with Crippen molar-refractivity contribution in [1.82, 2.24) is 4.57 Å². The molecule has 1 aromatic heterocycles. The molecule has 2 atom stereocenters. The standard InChI is InChI=1S/C49H81N2/c1-4-6-8-10-12-14-15-16-17-18-19-20-21-23-25-27-35-41-50-42-43-51(45-50)48(40-34-26-24-22-13-11-9-7-5-2)49(3,47-38-32-29-33-39-47)44-46-36-30-28-31-37-46/h28-33,36-39,42-43,45,48H,4-27,34-35,40-41,44H2,1-3H3/q+1. The lowest BCUT2D eigenvalue weighted by Crippen LogP contribution is -2.38. The van der Waals surface area contributed by atoms with Crippen molar-refractivity contribution in [3.05, 3.63) is 90.5 Å². The Morgan fingerprint density at radius 2 is 0.922 bits per heavy atom. The van der Waals surface area contributed by atoms with Crippen molar-refractivity contribution in [2.24, 2.45) is 0 Å². The van der Waals surface area contributed by atoms with Crippen LogP contribution in [0.2, 0.25) is 0 Å². The average Bonchev–Trinajstić information content (AvgIpc) is 3.62. The van der Waals surface area contributed by atoms with Gasteiger partial charge in [0.05, 0.1) is 6.54 Å². The van der Waals surface area contributed by atoms with E-state index in [1.54, 1.807) is 0 Å². The summed E-state index contributed by atoms with van der Waals surface area (Å²) in [5.74, 6) is 0. The predicted molar refractivity (Wildman–Crippen MR) is 224 cm³/mol. The molecule has 3 rings (SSSR count). The van der Waals surface area contributed by atoms with Crippen LogP contribution in [0.15, 0.2) is 79.4 Å². The number of nitrogens with zero attached hydrogens (tertiary/aromatic N) is 2. The van der Waals surface area contributed by atoms with Gasteiger partial charge in [-0.1, -0.05) is 229 Å². The first-order valence-corrected chi connectivity index (χ1v) is 22.3. The van der Waals surface area contributed by atoms with Gasteiger partial charge >= 0.3 is 0 Å². The molecule has 0 fully saturated rings. The molecule has 0 aliphatic heterocycles. The maximum atomic E-state index is 2.59. The zero-order chi connectivity index (χ0) is 36.1. The molecule has 2 aromatic carbocycles. The second kappa shape index (κ2) is 28.2. The summed E-state index contributed by atoms with van der Waals surface area (Å²) in [4.78, 5) is 0. The summed E-state index contributed by atoms with van der Waals surface area (Å²) < 4.78 is 5.07. The van der Waals surface area contributed by atoms with Gasteiger partial charge in [-0.25, -0.2) is 9.13 Å². The summed E-state index contributed by atoms with van der Waals surface area (Å²) in [5, 5.41) is 0. The highest BCUT2D eigenvalue weighted by Crippen LogP contribution is 2.41. The van der Waals surface area contributed by atoms with E-state index in [4.69, 9.17) is 0 Å². The van der Waals surface area contributed by atoms with Gasteiger partial charge in [0.1, 0.15) is 18.4 Å². The molecule has 2 unspecified atom stereocenters. The minimum absolute atomic E-state index is 0.00744. The highest BCUT2D eigenvalue weighted by Gasteiger charge is 2.40. The van der Waals surface area contributed by atoms with Crippen LogP contribution in [0.1, 0.15) is 211 Å². The fourth-order valence-corrected chi connectivity index (χ4v) is 8.44. The monoisotopic (exact) mass is 698 g/mol. The van der Waals surface area contributed by atoms with Crippen LogP contribution in [0.3, 0.4) is 0 Å². The molecule has 51 heavy (non-hydrogen) atoms. The first-order chi connectivity index (χ1) is 25.2. The van der Waals surface area contributed by atoms with Gasteiger partial charge in [0.25, 0.3) is 0 Å². The van der Waals surface area contributed by atoms with Crippen LogP contribution in [0.5, 0.6) is 0 Å². The molecule has 0 N–H and O–H groups in total. The van der Waals surface area contributed by atoms with Crippen LogP contribution in [0, 0.1) is 0 Å². The van der Waals surface area contributed by atoms with Gasteiger partial charge in [-0.15, -0.1) is 0 Å². The van der Waals surface area contributed by atoms with Crippen LogP contribution >= 0.6 is 0 Å². The van der Waals surface area contributed by atoms with Gasteiger partial charge in [0.15, 0.2) is 0 Å². The van der Waals surface area contributed by atoms with Crippen molar-refractivity contribution in [3.63, 3.8) is 0 Å². The van der Waals surface area contributed by atoms with Gasteiger partial charge in [-0.05, 0) is 43.2 Å². The zero-order valence-electron chi connectivity index (χ0n) is 34.0. The van der Waals surface area contributed by atoms with Crippen LogP contribution in [-0.2, 0) is 18.4 Å². The molecular formula is C49H81N2+. The lowest BCUT2D eigenvalue weighted by Gasteiger charge is -2.37. The molecule has 0 bridgehead atoms. The van der Waals surface area contributed by atoms with Crippen LogP contribution in [0.25, 0.3) is 0 Å². The Kier molecular flexibility index (Phi) is 23.8. The highest BCUT2D eigenvalue weighted by molar-refractivity contribution is 5.30. The number of imidazole rings is 1. The van der Waals surface area contributed by atoms with Gasteiger partial charge in [-0.3, -0.25) is 0 Å². The fourth-order valence-electron chi connectivity index (χ4n) is 8.44. The van der Waals surface area contributed by atoms with E-state index in [0.29, 0.717) is 6.04 Å². The van der Waals surface area contributed by atoms with Crippen LogP contribution < -0.4 is 4.57 Å². The smallest absolute Gasteiger partial charge is 0.237 e. The average molecular weight is 698 g/mol. The van der Waals surface area contributed by atoms with E-state index in [1.807, 2.05) is 0 Å². The largest absolute Gasteiger partial charge is 0.244 e. The first-order valence-electron chi connectivity index (χ1n) is 22.3. The topological polar surface area (TPSA) is 8.81 Å². The second-order valence-electron chi connectivity index (χ2n) is 16.3. The molecule has 0 aliphatic rings. The predicted octanol–water partition coefficient (Wildman–Crippen LogP) is 15.1. The molecule has 2 nitrogen and oxygen atoms in total. The van der Waals surface area contributed by atoms with Gasteiger partial charge in [0, 0.05) is 5.41 Å². The Morgan fingerprint density at radius 1 is 0.510 bits per heavy atom.